The van der Waals surface area contributed by atoms with E-state index in [9.17, 15) is 0 Å². The molecule has 0 radical (unpaired) electrons. The minimum atomic E-state index is 1.04. The van der Waals surface area contributed by atoms with Gasteiger partial charge in [0.05, 0.1) is 11.7 Å². The largest absolute Gasteiger partial charge is 0.172 e. The van der Waals surface area contributed by atoms with E-state index in [1.54, 1.807) is 0 Å². The Labute approximate surface area is 258 Å². The van der Waals surface area contributed by atoms with Gasteiger partial charge in [-0.05, 0) is 73.9 Å². The van der Waals surface area contributed by atoms with Crippen LogP contribution in [0.4, 0.5) is 0 Å². The molecule has 0 aliphatic heterocycles. The third-order valence-corrected chi connectivity index (χ3v) is 10.9. The maximum atomic E-state index is 4.86. The number of aromatic nitrogens is 2. The molecule has 5 aromatic rings. The van der Waals surface area contributed by atoms with Crippen molar-refractivity contribution in [3.63, 3.8) is 0 Å². The van der Waals surface area contributed by atoms with Gasteiger partial charge in [-0.2, -0.15) is 8.75 Å². The average Bonchev–Trinajstić information content (AvgIpc) is 3.73. The predicted octanol–water partition coefficient (Wildman–Crippen LogP) is 12.2. The Hall–Kier alpha value is -2.60. The van der Waals surface area contributed by atoms with E-state index >= 15 is 0 Å². The summed E-state index contributed by atoms with van der Waals surface area (Å²) in [5.74, 6) is 0. The van der Waals surface area contributed by atoms with Crippen LogP contribution in [0.3, 0.4) is 0 Å². The predicted molar refractivity (Wildman–Crippen MR) is 184 cm³/mol. The van der Waals surface area contributed by atoms with Crippen LogP contribution in [0.25, 0.3) is 37.5 Å². The lowest BCUT2D eigenvalue weighted by Gasteiger charge is -2.09. The van der Waals surface area contributed by atoms with Crippen LogP contribution in [0.5, 0.6) is 0 Å². The van der Waals surface area contributed by atoms with Crippen molar-refractivity contribution in [1.29, 1.82) is 0 Å². The molecule has 0 atom stereocenters. The number of allylic oxidation sites excluding steroid dienone is 1. The van der Waals surface area contributed by atoms with Gasteiger partial charge in [-0.3, -0.25) is 0 Å². The van der Waals surface area contributed by atoms with Gasteiger partial charge in [0.15, 0.2) is 0 Å². The molecule has 0 saturated heterocycles. The molecule has 0 aliphatic carbocycles. The summed E-state index contributed by atoms with van der Waals surface area (Å²) in [4.78, 5) is 5.45. The monoisotopic (exact) mass is 598 g/mol. The van der Waals surface area contributed by atoms with Gasteiger partial charge in [-0.15, -0.1) is 22.7 Å². The highest BCUT2D eigenvalue weighted by molar-refractivity contribution is 7.17. The molecule has 0 fully saturated rings. The maximum Gasteiger partial charge on any atom is 0.114 e. The summed E-state index contributed by atoms with van der Waals surface area (Å²) in [7, 11) is 0. The number of hydrogen-bond acceptors (Lipinski definition) is 5. The lowest BCUT2D eigenvalue weighted by atomic mass is 9.97. The lowest BCUT2D eigenvalue weighted by molar-refractivity contribution is 0.666. The normalized spacial score (nSPS) is 12.0. The molecule has 0 unspecified atom stereocenters. The van der Waals surface area contributed by atoms with Gasteiger partial charge in [-0.1, -0.05) is 101 Å². The van der Waals surface area contributed by atoms with Crippen molar-refractivity contribution in [2.45, 2.75) is 91.9 Å². The molecule has 5 rings (SSSR count). The zero-order valence-corrected chi connectivity index (χ0v) is 27.4. The van der Waals surface area contributed by atoms with E-state index in [4.69, 9.17) is 8.75 Å². The van der Waals surface area contributed by atoms with Crippen LogP contribution in [0.2, 0.25) is 0 Å². The smallest absolute Gasteiger partial charge is 0.114 e. The van der Waals surface area contributed by atoms with Crippen molar-refractivity contribution in [3.05, 3.63) is 87.1 Å². The molecule has 5 heteroatoms. The second kappa shape index (κ2) is 14.5. The third kappa shape index (κ3) is 6.90. The summed E-state index contributed by atoms with van der Waals surface area (Å²) in [6.07, 6.45) is 14.8. The highest BCUT2D eigenvalue weighted by Crippen LogP contribution is 2.43. The van der Waals surface area contributed by atoms with Crippen molar-refractivity contribution in [1.82, 2.24) is 8.75 Å². The SMILES string of the molecule is CC=C(c1ccccc1)c1sc(-c2ccc(-c3cc(CCCCCC)c(C)s3)c3nsnc23)cc1CCCCCC. The topological polar surface area (TPSA) is 25.8 Å². The minimum absolute atomic E-state index is 1.04. The van der Waals surface area contributed by atoms with Gasteiger partial charge < -0.3 is 0 Å². The van der Waals surface area contributed by atoms with Crippen molar-refractivity contribution in [2.24, 2.45) is 0 Å². The number of rotatable bonds is 14. The molecule has 0 N–H and O–H groups in total. The Morgan fingerprint density at radius 2 is 1.29 bits per heavy atom. The van der Waals surface area contributed by atoms with E-state index in [0.717, 1.165) is 17.5 Å². The van der Waals surface area contributed by atoms with Gasteiger partial charge in [0.1, 0.15) is 11.0 Å². The Bertz CT molecular complexity index is 1590. The molecule has 0 aliphatic rings. The number of fused-ring (bicyclic) bond motifs is 1. The molecule has 41 heavy (non-hydrogen) atoms. The molecule has 214 valence electrons. The van der Waals surface area contributed by atoms with Crippen molar-refractivity contribution in [2.75, 3.05) is 0 Å². The van der Waals surface area contributed by atoms with Crippen LogP contribution in [0.1, 0.15) is 98.6 Å². The molecule has 0 spiro atoms. The Morgan fingerprint density at radius 1 is 0.707 bits per heavy atom. The number of nitrogens with zero attached hydrogens (tertiary/aromatic N) is 2. The van der Waals surface area contributed by atoms with Gasteiger partial charge >= 0.3 is 0 Å². The standard InChI is InChI=1S/C36H42N2S3/c1-5-8-10-13-19-27-23-32(39-25(27)4)30-21-22-31(35-34(30)37-41-38-35)33-24-28(20-14-11-9-6-2)36(40-33)29(7-3)26-17-15-12-16-18-26/h7,12,15-18,21-24H,5-6,8-11,13-14,19-20H2,1-4H3. The summed E-state index contributed by atoms with van der Waals surface area (Å²) < 4.78 is 9.69. The summed E-state index contributed by atoms with van der Waals surface area (Å²) in [6, 6.07) is 20.3. The number of benzene rings is 2. The first-order valence-corrected chi connectivity index (χ1v) is 17.7. The van der Waals surface area contributed by atoms with Crippen LogP contribution in [-0.2, 0) is 12.8 Å². The molecule has 3 aromatic heterocycles. The van der Waals surface area contributed by atoms with Gasteiger partial charge in [0.2, 0.25) is 0 Å². The first kappa shape index (κ1) is 29.9. The average molecular weight is 599 g/mol. The van der Waals surface area contributed by atoms with Gasteiger partial charge in [0.25, 0.3) is 0 Å². The van der Waals surface area contributed by atoms with Crippen LogP contribution < -0.4 is 0 Å². The van der Waals surface area contributed by atoms with E-state index in [-0.39, 0.29) is 0 Å². The van der Waals surface area contributed by atoms with Crippen molar-refractivity contribution in [3.8, 4) is 20.9 Å². The zero-order chi connectivity index (χ0) is 28.6. The molecule has 0 bridgehead atoms. The molecular formula is C36H42N2S3. The van der Waals surface area contributed by atoms with E-state index in [2.05, 4.69) is 88.4 Å². The Kier molecular flexibility index (Phi) is 10.6. The molecule has 2 nitrogen and oxygen atoms in total. The van der Waals surface area contributed by atoms with E-state index < -0.39 is 0 Å². The fourth-order valence-corrected chi connectivity index (χ4v) is 8.68. The van der Waals surface area contributed by atoms with Crippen LogP contribution in [0, 0.1) is 6.92 Å². The zero-order valence-electron chi connectivity index (χ0n) is 25.0. The van der Waals surface area contributed by atoms with E-state index in [1.807, 2.05) is 22.7 Å². The Balaban J connectivity index is 1.51. The first-order valence-electron chi connectivity index (χ1n) is 15.3. The quantitative estimate of drug-likeness (QED) is 0.119. The molecule has 2 aromatic carbocycles. The summed E-state index contributed by atoms with van der Waals surface area (Å²) in [6.45, 7) is 9.00. The number of unbranched alkanes of at least 4 members (excludes halogenated alkanes) is 6. The van der Waals surface area contributed by atoms with Crippen molar-refractivity contribution < 1.29 is 0 Å². The number of thiophene rings is 2. The summed E-state index contributed by atoms with van der Waals surface area (Å²) in [5, 5.41) is 0. The fourth-order valence-electron chi connectivity index (χ4n) is 5.67. The number of hydrogen-bond donors (Lipinski definition) is 0. The van der Waals surface area contributed by atoms with E-state index in [0.29, 0.717) is 0 Å². The third-order valence-electron chi connectivity index (χ3n) is 7.99. The molecule has 0 amide bonds. The maximum absolute atomic E-state index is 4.86. The summed E-state index contributed by atoms with van der Waals surface area (Å²) >= 11 is 5.16. The highest BCUT2D eigenvalue weighted by atomic mass is 32.1. The Morgan fingerprint density at radius 3 is 1.90 bits per heavy atom. The minimum Gasteiger partial charge on any atom is -0.172 e. The summed E-state index contributed by atoms with van der Waals surface area (Å²) in [5.41, 5.74) is 10.1. The first-order chi connectivity index (χ1) is 20.1. The fraction of sp³-hybridized carbons (Fsp3) is 0.389. The molecule has 3 heterocycles. The highest BCUT2D eigenvalue weighted by Gasteiger charge is 2.20. The van der Waals surface area contributed by atoms with Crippen molar-refractivity contribution >= 4 is 51.0 Å². The van der Waals surface area contributed by atoms with E-state index in [1.165, 1.54) is 122 Å². The lowest BCUT2D eigenvalue weighted by Crippen LogP contribution is -1.91. The van der Waals surface area contributed by atoms with Gasteiger partial charge in [0, 0.05) is 30.6 Å². The van der Waals surface area contributed by atoms with Crippen LogP contribution >= 0.6 is 34.4 Å². The molecular weight excluding hydrogens is 557 g/mol. The molecule has 0 saturated carbocycles. The van der Waals surface area contributed by atoms with Crippen LogP contribution in [-0.4, -0.2) is 8.75 Å². The van der Waals surface area contributed by atoms with Gasteiger partial charge in [-0.25, -0.2) is 0 Å². The number of aryl methyl sites for hydroxylation is 3. The second-order valence-electron chi connectivity index (χ2n) is 11.0. The van der Waals surface area contributed by atoms with Crippen LogP contribution in [0.15, 0.2) is 60.7 Å². The second-order valence-corrected chi connectivity index (χ2v) is 13.8.